The molecule has 1 saturated carbocycles. The van der Waals surface area contributed by atoms with Gasteiger partial charge in [0.25, 0.3) is 0 Å². The first kappa shape index (κ1) is 25.1. The summed E-state index contributed by atoms with van der Waals surface area (Å²) in [5.74, 6) is 0.229. The second-order valence-electron chi connectivity index (χ2n) is 8.26. The summed E-state index contributed by atoms with van der Waals surface area (Å²) in [6.45, 7) is 4.44. The van der Waals surface area contributed by atoms with E-state index >= 15 is 0 Å². The summed E-state index contributed by atoms with van der Waals surface area (Å²) in [6, 6.07) is 5.82. The van der Waals surface area contributed by atoms with Gasteiger partial charge in [0, 0.05) is 23.4 Å². The Hall–Kier alpha value is -2.98. The van der Waals surface area contributed by atoms with E-state index in [-0.39, 0.29) is 23.0 Å². The second-order valence-corrected chi connectivity index (χ2v) is 10.1. The van der Waals surface area contributed by atoms with Gasteiger partial charge in [-0.05, 0) is 30.5 Å². The topological polar surface area (TPSA) is 86.1 Å². The molecule has 0 radical (unpaired) electrons. The number of rotatable bonds is 9. The van der Waals surface area contributed by atoms with Crippen LogP contribution < -0.4 is 5.32 Å². The van der Waals surface area contributed by atoms with E-state index in [9.17, 15) is 14.0 Å². The van der Waals surface area contributed by atoms with Gasteiger partial charge < -0.3 is 14.6 Å². The number of carbonyl (C=O) groups is 2. The smallest absolute Gasteiger partial charge is 0.341 e. The van der Waals surface area contributed by atoms with Gasteiger partial charge in [-0.25, -0.2) is 9.18 Å². The Bertz CT molecular complexity index is 1200. The Balaban J connectivity index is 1.48. The molecular formula is C25H27FN4O3S2. The molecule has 0 spiro atoms. The first-order valence-corrected chi connectivity index (χ1v) is 13.3. The highest BCUT2D eigenvalue weighted by molar-refractivity contribution is 7.99. The Morgan fingerprint density at radius 2 is 2.00 bits per heavy atom. The molecule has 1 fully saturated rings. The predicted octanol–water partition coefficient (Wildman–Crippen LogP) is 5.90. The maximum Gasteiger partial charge on any atom is 0.341 e. The first-order chi connectivity index (χ1) is 17.0. The quantitative estimate of drug-likeness (QED) is 0.217. The van der Waals surface area contributed by atoms with Gasteiger partial charge in [-0.1, -0.05) is 49.2 Å². The average molecular weight is 515 g/mol. The molecule has 1 aliphatic rings. The molecule has 7 nitrogen and oxygen atoms in total. The molecular weight excluding hydrogens is 487 g/mol. The number of amides is 1. The van der Waals surface area contributed by atoms with Crippen LogP contribution in [0.15, 0.2) is 47.5 Å². The zero-order valence-corrected chi connectivity index (χ0v) is 21.1. The van der Waals surface area contributed by atoms with Crippen LogP contribution in [0.1, 0.15) is 54.2 Å². The lowest BCUT2D eigenvalue weighted by atomic mass is 9.89. The zero-order chi connectivity index (χ0) is 24.8. The van der Waals surface area contributed by atoms with Gasteiger partial charge in [0.1, 0.15) is 22.2 Å². The Morgan fingerprint density at radius 3 is 2.69 bits per heavy atom. The number of nitrogens with zero attached hydrogens (tertiary/aromatic N) is 3. The minimum atomic E-state index is -0.573. The molecule has 1 aliphatic carbocycles. The molecule has 4 rings (SSSR count). The standard InChI is InChI=1S/C25H27FN4O3S2/c1-3-13-30-22(17-7-5-4-6-8-17)28-29-25(30)35-15-20(31)27-23-21(24(32)33-2)19(14-34-23)16-9-11-18(26)12-10-16/h3,9-12,14,17H,1,4-8,13,15H2,2H3,(H,27,31). The van der Waals surface area contributed by atoms with Crippen molar-refractivity contribution < 1.29 is 18.7 Å². The summed E-state index contributed by atoms with van der Waals surface area (Å²) in [5, 5.41) is 14.4. The number of methoxy groups -OCH3 is 1. The molecule has 0 atom stereocenters. The fourth-order valence-corrected chi connectivity index (χ4v) is 5.99. The van der Waals surface area contributed by atoms with Crippen LogP contribution in [0.3, 0.4) is 0 Å². The predicted molar refractivity (Wildman–Crippen MR) is 136 cm³/mol. The monoisotopic (exact) mass is 514 g/mol. The van der Waals surface area contributed by atoms with E-state index in [1.165, 1.54) is 61.6 Å². The molecule has 0 bridgehead atoms. The number of esters is 1. The molecule has 0 saturated heterocycles. The fraction of sp³-hybridized carbons (Fsp3) is 0.360. The maximum absolute atomic E-state index is 13.3. The van der Waals surface area contributed by atoms with Crippen LogP contribution in [-0.2, 0) is 16.1 Å². The number of carbonyl (C=O) groups excluding carboxylic acids is 2. The average Bonchev–Trinajstić information content (AvgIpc) is 3.47. The largest absolute Gasteiger partial charge is 0.465 e. The molecule has 10 heteroatoms. The summed E-state index contributed by atoms with van der Waals surface area (Å²) >= 11 is 2.52. The second kappa shape index (κ2) is 11.6. The molecule has 184 valence electrons. The van der Waals surface area contributed by atoms with E-state index < -0.39 is 5.97 Å². The lowest BCUT2D eigenvalue weighted by molar-refractivity contribution is -0.113. The van der Waals surface area contributed by atoms with Gasteiger partial charge in [0.05, 0.1) is 12.9 Å². The first-order valence-electron chi connectivity index (χ1n) is 11.4. The SMILES string of the molecule is C=CCn1c(SCC(=O)Nc2scc(-c3ccc(F)cc3)c2C(=O)OC)nnc1C1CCCCC1. The van der Waals surface area contributed by atoms with Crippen molar-refractivity contribution in [3.05, 3.63) is 59.5 Å². The number of thiophene rings is 1. The van der Waals surface area contributed by atoms with Crippen LogP contribution in [0.5, 0.6) is 0 Å². The highest BCUT2D eigenvalue weighted by Crippen LogP contribution is 2.37. The highest BCUT2D eigenvalue weighted by atomic mass is 32.2. The number of nitrogens with one attached hydrogen (secondary N) is 1. The Kier molecular flexibility index (Phi) is 8.35. The Labute approximate surface area is 211 Å². The van der Waals surface area contributed by atoms with Crippen LogP contribution in [0.25, 0.3) is 11.1 Å². The third-order valence-electron chi connectivity index (χ3n) is 5.95. The number of thioether (sulfide) groups is 1. The lowest BCUT2D eigenvalue weighted by Gasteiger charge is -2.21. The number of benzene rings is 1. The zero-order valence-electron chi connectivity index (χ0n) is 19.5. The van der Waals surface area contributed by atoms with E-state index in [1.807, 2.05) is 10.6 Å². The van der Waals surface area contributed by atoms with Crippen molar-refractivity contribution in [2.75, 3.05) is 18.2 Å². The summed E-state index contributed by atoms with van der Waals surface area (Å²) in [4.78, 5) is 25.3. The summed E-state index contributed by atoms with van der Waals surface area (Å²) in [5.41, 5.74) is 1.48. The lowest BCUT2D eigenvalue weighted by Crippen LogP contribution is -2.17. The molecule has 1 N–H and O–H groups in total. The van der Waals surface area contributed by atoms with E-state index in [4.69, 9.17) is 4.74 Å². The van der Waals surface area contributed by atoms with Gasteiger partial charge in [-0.3, -0.25) is 4.79 Å². The van der Waals surface area contributed by atoms with E-state index in [2.05, 4.69) is 22.1 Å². The van der Waals surface area contributed by atoms with E-state index in [1.54, 1.807) is 17.5 Å². The molecule has 1 amide bonds. The van der Waals surface area contributed by atoms with Crippen molar-refractivity contribution in [2.45, 2.75) is 49.7 Å². The fourth-order valence-electron chi connectivity index (χ4n) is 4.26. The molecule has 1 aromatic carbocycles. The van der Waals surface area contributed by atoms with Crippen LogP contribution in [-0.4, -0.2) is 39.5 Å². The maximum atomic E-state index is 13.3. The number of halogens is 1. The minimum absolute atomic E-state index is 0.102. The molecule has 2 heterocycles. The molecule has 35 heavy (non-hydrogen) atoms. The molecule has 2 aromatic heterocycles. The van der Waals surface area contributed by atoms with E-state index in [0.29, 0.717) is 33.7 Å². The summed E-state index contributed by atoms with van der Waals surface area (Å²) < 4.78 is 20.3. The van der Waals surface area contributed by atoms with Gasteiger partial charge in [-0.15, -0.1) is 28.1 Å². The van der Waals surface area contributed by atoms with Crippen molar-refractivity contribution in [2.24, 2.45) is 0 Å². The number of ether oxygens (including phenoxy) is 1. The van der Waals surface area contributed by atoms with Crippen LogP contribution in [0.2, 0.25) is 0 Å². The summed E-state index contributed by atoms with van der Waals surface area (Å²) in [6.07, 6.45) is 7.66. The van der Waals surface area contributed by atoms with Gasteiger partial charge >= 0.3 is 5.97 Å². The van der Waals surface area contributed by atoms with Gasteiger partial charge in [0.2, 0.25) is 5.91 Å². The minimum Gasteiger partial charge on any atom is -0.465 e. The third kappa shape index (κ3) is 5.82. The van der Waals surface area contributed by atoms with Crippen molar-refractivity contribution in [1.82, 2.24) is 14.8 Å². The normalized spacial score (nSPS) is 14.0. The highest BCUT2D eigenvalue weighted by Gasteiger charge is 2.25. The van der Waals surface area contributed by atoms with Crippen LogP contribution >= 0.6 is 23.1 Å². The number of hydrogen-bond acceptors (Lipinski definition) is 7. The summed E-state index contributed by atoms with van der Waals surface area (Å²) in [7, 11) is 1.28. The van der Waals surface area contributed by atoms with Crippen molar-refractivity contribution in [1.29, 1.82) is 0 Å². The van der Waals surface area contributed by atoms with Gasteiger partial charge in [-0.2, -0.15) is 0 Å². The van der Waals surface area contributed by atoms with Crippen LogP contribution in [0, 0.1) is 5.82 Å². The Morgan fingerprint density at radius 1 is 1.26 bits per heavy atom. The number of hydrogen-bond donors (Lipinski definition) is 1. The molecule has 0 aliphatic heterocycles. The van der Waals surface area contributed by atoms with Crippen molar-refractivity contribution >= 4 is 40.0 Å². The molecule has 0 unspecified atom stereocenters. The number of anilines is 1. The van der Waals surface area contributed by atoms with Gasteiger partial charge in [0.15, 0.2) is 5.16 Å². The van der Waals surface area contributed by atoms with Crippen molar-refractivity contribution in [3.8, 4) is 11.1 Å². The third-order valence-corrected chi connectivity index (χ3v) is 7.81. The van der Waals surface area contributed by atoms with E-state index in [0.717, 1.165) is 18.7 Å². The number of allylic oxidation sites excluding steroid dienone is 1. The van der Waals surface area contributed by atoms with Crippen molar-refractivity contribution in [3.63, 3.8) is 0 Å². The number of aromatic nitrogens is 3. The molecule has 3 aromatic rings. The van der Waals surface area contributed by atoms with Crippen LogP contribution in [0.4, 0.5) is 9.39 Å².